The van der Waals surface area contributed by atoms with Crippen LogP contribution < -0.4 is 10.6 Å². The molecule has 0 aromatic rings. The molecule has 7 nitrogen and oxygen atoms in total. The molecule has 0 aliphatic rings. The molecule has 0 aliphatic carbocycles. The number of hydrogen-bond donors (Lipinski definition) is 3. The Labute approximate surface area is 126 Å². The second-order valence-electron chi connectivity index (χ2n) is 6.23. The normalized spacial score (nSPS) is 14.3. The molecule has 0 rings (SSSR count). The van der Waals surface area contributed by atoms with Gasteiger partial charge in [-0.25, -0.2) is 4.79 Å². The molecule has 21 heavy (non-hydrogen) atoms. The highest BCUT2D eigenvalue weighted by molar-refractivity contribution is 5.75. The number of methoxy groups -OCH3 is 2. The minimum atomic E-state index is -0.932. The SMILES string of the molecule is COCC(CNC(=O)NC(CC(=O)O)CC(C)(C)C)OC. The zero-order valence-electron chi connectivity index (χ0n) is 13.6. The van der Waals surface area contributed by atoms with Crippen LogP contribution in [0.3, 0.4) is 0 Å². The number of carbonyl (C=O) groups is 2. The Kier molecular flexibility index (Phi) is 8.96. The van der Waals surface area contributed by atoms with Gasteiger partial charge in [0.15, 0.2) is 0 Å². The molecule has 2 unspecified atom stereocenters. The van der Waals surface area contributed by atoms with Crippen molar-refractivity contribution in [3.63, 3.8) is 0 Å². The van der Waals surface area contributed by atoms with Crippen LogP contribution in [0.2, 0.25) is 0 Å². The van der Waals surface area contributed by atoms with Gasteiger partial charge >= 0.3 is 12.0 Å². The second-order valence-corrected chi connectivity index (χ2v) is 6.23. The van der Waals surface area contributed by atoms with Crippen LogP contribution in [0, 0.1) is 5.41 Å². The predicted octanol–water partition coefficient (Wildman–Crippen LogP) is 1.23. The fourth-order valence-corrected chi connectivity index (χ4v) is 1.96. The first-order valence-corrected chi connectivity index (χ1v) is 6.96. The van der Waals surface area contributed by atoms with E-state index in [0.717, 1.165) is 0 Å². The van der Waals surface area contributed by atoms with Crippen molar-refractivity contribution in [2.45, 2.75) is 45.8 Å². The van der Waals surface area contributed by atoms with Gasteiger partial charge in [0.25, 0.3) is 0 Å². The molecule has 0 aromatic heterocycles. The molecule has 0 spiro atoms. The number of carbonyl (C=O) groups excluding carboxylic acids is 1. The van der Waals surface area contributed by atoms with Crippen molar-refractivity contribution in [1.29, 1.82) is 0 Å². The molecule has 0 saturated carbocycles. The first-order valence-electron chi connectivity index (χ1n) is 6.96. The number of carboxylic acids is 1. The number of carboxylic acid groups (broad SMARTS) is 1. The van der Waals surface area contributed by atoms with Gasteiger partial charge in [0.05, 0.1) is 19.1 Å². The lowest BCUT2D eigenvalue weighted by Crippen LogP contribution is -2.47. The van der Waals surface area contributed by atoms with Crippen molar-refractivity contribution < 1.29 is 24.2 Å². The number of amides is 2. The van der Waals surface area contributed by atoms with Gasteiger partial charge < -0.3 is 25.2 Å². The van der Waals surface area contributed by atoms with Gasteiger partial charge in [0.1, 0.15) is 0 Å². The standard InChI is InChI=1S/C14H28N2O5/c1-14(2,3)7-10(6-12(17)18)16-13(19)15-8-11(21-5)9-20-4/h10-11H,6-9H2,1-5H3,(H,17,18)(H2,15,16,19). The number of nitrogens with one attached hydrogen (secondary N) is 2. The topological polar surface area (TPSA) is 96.9 Å². The van der Waals surface area contributed by atoms with Gasteiger partial charge in [-0.3, -0.25) is 4.79 Å². The van der Waals surface area contributed by atoms with Gasteiger partial charge in [-0.1, -0.05) is 20.8 Å². The van der Waals surface area contributed by atoms with E-state index < -0.39 is 18.0 Å². The zero-order valence-corrected chi connectivity index (χ0v) is 13.6. The number of urea groups is 1. The summed E-state index contributed by atoms with van der Waals surface area (Å²) in [6, 6.07) is -0.811. The van der Waals surface area contributed by atoms with Gasteiger partial charge in [0, 0.05) is 26.8 Å². The maximum Gasteiger partial charge on any atom is 0.315 e. The highest BCUT2D eigenvalue weighted by atomic mass is 16.5. The predicted molar refractivity (Wildman–Crippen MR) is 79.3 cm³/mol. The summed E-state index contributed by atoms with van der Waals surface area (Å²) in [7, 11) is 3.09. The Morgan fingerprint density at radius 1 is 1.24 bits per heavy atom. The van der Waals surface area contributed by atoms with Crippen molar-refractivity contribution in [3.8, 4) is 0 Å². The maximum atomic E-state index is 11.8. The zero-order chi connectivity index (χ0) is 16.5. The Bertz CT molecular complexity index is 328. The maximum absolute atomic E-state index is 11.8. The summed E-state index contributed by atoms with van der Waals surface area (Å²) in [5.74, 6) is -0.932. The first kappa shape index (κ1) is 19.7. The van der Waals surface area contributed by atoms with Crippen molar-refractivity contribution >= 4 is 12.0 Å². The average molecular weight is 304 g/mol. The van der Waals surface area contributed by atoms with Crippen molar-refractivity contribution in [2.24, 2.45) is 5.41 Å². The number of rotatable bonds is 9. The van der Waals surface area contributed by atoms with E-state index >= 15 is 0 Å². The van der Waals surface area contributed by atoms with E-state index in [9.17, 15) is 9.59 Å². The molecular formula is C14H28N2O5. The van der Waals surface area contributed by atoms with Crippen molar-refractivity contribution in [1.82, 2.24) is 10.6 Å². The summed E-state index contributed by atoms with van der Waals surface area (Å²) in [6.45, 7) is 6.67. The van der Waals surface area contributed by atoms with Crippen LogP contribution in [0.15, 0.2) is 0 Å². The monoisotopic (exact) mass is 304 g/mol. The lowest BCUT2D eigenvalue weighted by molar-refractivity contribution is -0.137. The fourth-order valence-electron chi connectivity index (χ4n) is 1.96. The molecule has 2 amide bonds. The minimum absolute atomic E-state index is 0.0709. The van der Waals surface area contributed by atoms with E-state index in [1.165, 1.54) is 7.11 Å². The first-order chi connectivity index (χ1) is 9.67. The summed E-state index contributed by atoms with van der Waals surface area (Å²) >= 11 is 0. The molecule has 124 valence electrons. The number of ether oxygens (including phenoxy) is 2. The smallest absolute Gasteiger partial charge is 0.315 e. The lowest BCUT2D eigenvalue weighted by atomic mass is 9.87. The molecule has 0 fully saturated rings. The molecule has 3 N–H and O–H groups in total. The van der Waals surface area contributed by atoms with E-state index in [1.54, 1.807) is 7.11 Å². The molecule has 0 radical (unpaired) electrons. The quantitative estimate of drug-likeness (QED) is 0.595. The lowest BCUT2D eigenvalue weighted by Gasteiger charge is -2.26. The molecule has 2 atom stereocenters. The second kappa shape index (κ2) is 9.57. The van der Waals surface area contributed by atoms with Crippen molar-refractivity contribution in [2.75, 3.05) is 27.4 Å². The molecule has 0 bridgehead atoms. The minimum Gasteiger partial charge on any atom is -0.481 e. The van der Waals surface area contributed by atoms with Gasteiger partial charge in [-0.15, -0.1) is 0 Å². The van der Waals surface area contributed by atoms with E-state index in [1.807, 2.05) is 20.8 Å². The van der Waals surface area contributed by atoms with Gasteiger partial charge in [-0.2, -0.15) is 0 Å². The van der Waals surface area contributed by atoms with E-state index in [-0.39, 0.29) is 17.9 Å². The fraction of sp³-hybridized carbons (Fsp3) is 0.857. The van der Waals surface area contributed by atoms with E-state index in [2.05, 4.69) is 10.6 Å². The third kappa shape index (κ3) is 11.0. The van der Waals surface area contributed by atoms with Gasteiger partial charge in [0.2, 0.25) is 0 Å². The largest absolute Gasteiger partial charge is 0.481 e. The van der Waals surface area contributed by atoms with Crippen LogP contribution in [0.25, 0.3) is 0 Å². The summed E-state index contributed by atoms with van der Waals surface area (Å²) in [6.07, 6.45) is 0.246. The highest BCUT2D eigenvalue weighted by Crippen LogP contribution is 2.22. The molecular weight excluding hydrogens is 276 g/mol. The summed E-state index contributed by atoms with van der Waals surface area (Å²) < 4.78 is 10.1. The molecule has 0 aliphatic heterocycles. The van der Waals surface area contributed by atoms with Crippen LogP contribution in [0.4, 0.5) is 4.79 Å². The molecule has 0 heterocycles. The van der Waals surface area contributed by atoms with Crippen LogP contribution in [0.1, 0.15) is 33.6 Å². The molecule has 0 saturated heterocycles. The Morgan fingerprint density at radius 3 is 2.29 bits per heavy atom. The molecule has 7 heteroatoms. The summed E-state index contributed by atoms with van der Waals surface area (Å²) in [5.41, 5.74) is -0.0709. The Balaban J connectivity index is 4.35. The van der Waals surface area contributed by atoms with Crippen LogP contribution >= 0.6 is 0 Å². The third-order valence-electron chi connectivity index (χ3n) is 2.79. The van der Waals surface area contributed by atoms with Crippen LogP contribution in [-0.2, 0) is 14.3 Å². The van der Waals surface area contributed by atoms with Gasteiger partial charge in [-0.05, 0) is 11.8 Å². The van der Waals surface area contributed by atoms with Crippen LogP contribution in [-0.4, -0.2) is 56.6 Å². The third-order valence-corrected chi connectivity index (χ3v) is 2.79. The number of hydrogen-bond acceptors (Lipinski definition) is 4. The Morgan fingerprint density at radius 2 is 1.86 bits per heavy atom. The highest BCUT2D eigenvalue weighted by Gasteiger charge is 2.23. The Hall–Kier alpha value is -1.34. The average Bonchev–Trinajstić information content (AvgIpc) is 2.31. The van der Waals surface area contributed by atoms with E-state index in [0.29, 0.717) is 19.6 Å². The molecule has 0 aromatic carbocycles. The summed E-state index contributed by atoms with van der Waals surface area (Å²) in [4.78, 5) is 22.7. The van der Waals surface area contributed by atoms with E-state index in [4.69, 9.17) is 14.6 Å². The van der Waals surface area contributed by atoms with Crippen molar-refractivity contribution in [3.05, 3.63) is 0 Å². The number of aliphatic carboxylic acids is 1. The van der Waals surface area contributed by atoms with Crippen LogP contribution in [0.5, 0.6) is 0 Å². The summed E-state index contributed by atoms with van der Waals surface area (Å²) in [5, 5.41) is 14.3.